The van der Waals surface area contributed by atoms with Crippen LogP contribution in [0.1, 0.15) is 12.0 Å². The van der Waals surface area contributed by atoms with Gasteiger partial charge < -0.3 is 10.0 Å². The molecule has 0 atom stereocenters. The van der Waals surface area contributed by atoms with Crippen molar-refractivity contribution in [1.82, 2.24) is 4.90 Å². The van der Waals surface area contributed by atoms with Crippen LogP contribution in [0.3, 0.4) is 0 Å². The standard InChI is InChI=1S/C15H17NO/c17-15-7-6-12(8-11-16-9-3-10-16)13-4-1-2-5-14(13)15/h1-2,4-7,17H,3,8-11H2. The molecule has 3 rings (SSSR count). The van der Waals surface area contributed by atoms with Crippen LogP contribution >= 0.6 is 0 Å². The lowest BCUT2D eigenvalue weighted by atomic mass is 10.0. The fourth-order valence-corrected chi connectivity index (χ4v) is 2.45. The number of phenols is 1. The molecule has 2 aromatic carbocycles. The van der Waals surface area contributed by atoms with E-state index in [1.807, 2.05) is 24.3 Å². The number of hydrogen-bond acceptors (Lipinski definition) is 2. The summed E-state index contributed by atoms with van der Waals surface area (Å²) in [6, 6.07) is 12.0. The van der Waals surface area contributed by atoms with Crippen LogP contribution in [0.25, 0.3) is 10.8 Å². The summed E-state index contributed by atoms with van der Waals surface area (Å²) in [5.41, 5.74) is 1.34. The maximum Gasteiger partial charge on any atom is 0.123 e. The zero-order valence-electron chi connectivity index (χ0n) is 9.89. The van der Waals surface area contributed by atoms with Crippen LogP contribution in [0.4, 0.5) is 0 Å². The second-order valence-corrected chi connectivity index (χ2v) is 4.73. The molecule has 2 aromatic rings. The molecule has 0 aliphatic carbocycles. The van der Waals surface area contributed by atoms with E-state index in [1.54, 1.807) is 0 Å². The van der Waals surface area contributed by atoms with Gasteiger partial charge in [-0.25, -0.2) is 0 Å². The SMILES string of the molecule is Oc1ccc(CCN2CCC2)c2ccccc12. The first-order valence-corrected chi connectivity index (χ1v) is 6.26. The van der Waals surface area contributed by atoms with Crippen molar-refractivity contribution in [2.45, 2.75) is 12.8 Å². The number of nitrogens with zero attached hydrogens (tertiary/aromatic N) is 1. The van der Waals surface area contributed by atoms with Gasteiger partial charge in [0.05, 0.1) is 0 Å². The van der Waals surface area contributed by atoms with Gasteiger partial charge in [0.2, 0.25) is 0 Å². The Labute approximate surface area is 101 Å². The van der Waals surface area contributed by atoms with Crippen molar-refractivity contribution >= 4 is 10.8 Å². The number of benzene rings is 2. The Balaban J connectivity index is 1.90. The summed E-state index contributed by atoms with van der Waals surface area (Å²) in [6.07, 6.45) is 2.41. The zero-order valence-corrected chi connectivity index (χ0v) is 9.89. The highest BCUT2D eigenvalue weighted by Gasteiger charge is 2.13. The average molecular weight is 227 g/mol. The molecule has 2 heteroatoms. The second-order valence-electron chi connectivity index (χ2n) is 4.73. The third kappa shape index (κ3) is 2.01. The Kier molecular flexibility index (Phi) is 2.73. The smallest absolute Gasteiger partial charge is 0.123 e. The summed E-state index contributed by atoms with van der Waals surface area (Å²) in [7, 11) is 0. The predicted molar refractivity (Wildman–Crippen MR) is 70.4 cm³/mol. The topological polar surface area (TPSA) is 23.5 Å². The van der Waals surface area contributed by atoms with Crippen molar-refractivity contribution in [3.05, 3.63) is 42.0 Å². The maximum absolute atomic E-state index is 9.82. The molecule has 1 heterocycles. The minimum Gasteiger partial charge on any atom is -0.507 e. The fourth-order valence-electron chi connectivity index (χ4n) is 2.45. The van der Waals surface area contributed by atoms with E-state index in [0.29, 0.717) is 5.75 Å². The first kappa shape index (κ1) is 10.6. The Morgan fingerprint density at radius 2 is 1.76 bits per heavy atom. The maximum atomic E-state index is 9.82. The molecule has 1 aliphatic rings. The summed E-state index contributed by atoms with van der Waals surface area (Å²) in [6.45, 7) is 3.63. The summed E-state index contributed by atoms with van der Waals surface area (Å²) < 4.78 is 0. The van der Waals surface area contributed by atoms with E-state index < -0.39 is 0 Å². The zero-order chi connectivity index (χ0) is 11.7. The Bertz CT molecular complexity index is 531. The van der Waals surface area contributed by atoms with Crippen LogP contribution < -0.4 is 0 Å². The second kappa shape index (κ2) is 4.38. The monoisotopic (exact) mass is 227 g/mol. The minimum absolute atomic E-state index is 0.383. The van der Waals surface area contributed by atoms with E-state index >= 15 is 0 Å². The van der Waals surface area contributed by atoms with Crippen LogP contribution in [0.15, 0.2) is 36.4 Å². The third-order valence-corrected chi connectivity index (χ3v) is 3.64. The van der Waals surface area contributed by atoms with Crippen molar-refractivity contribution in [1.29, 1.82) is 0 Å². The van der Waals surface area contributed by atoms with Gasteiger partial charge in [-0.1, -0.05) is 30.3 Å². The van der Waals surface area contributed by atoms with Crippen LogP contribution in [0.5, 0.6) is 5.75 Å². The number of phenolic OH excluding ortho intramolecular Hbond substituents is 1. The number of fused-ring (bicyclic) bond motifs is 1. The summed E-state index contributed by atoms with van der Waals surface area (Å²) in [4.78, 5) is 2.47. The first-order chi connectivity index (χ1) is 8.34. The number of rotatable bonds is 3. The molecule has 0 bridgehead atoms. The van der Waals surface area contributed by atoms with E-state index in [9.17, 15) is 5.11 Å². The molecule has 88 valence electrons. The van der Waals surface area contributed by atoms with E-state index in [-0.39, 0.29) is 0 Å². The molecule has 1 saturated heterocycles. The molecular weight excluding hydrogens is 210 g/mol. The molecule has 0 saturated carbocycles. The average Bonchev–Trinajstić information content (AvgIpc) is 2.30. The van der Waals surface area contributed by atoms with E-state index in [4.69, 9.17) is 0 Å². The number of likely N-dealkylation sites (tertiary alicyclic amines) is 1. The Hall–Kier alpha value is -1.54. The largest absolute Gasteiger partial charge is 0.507 e. The summed E-state index contributed by atoms with van der Waals surface area (Å²) in [5, 5.41) is 12.0. The molecule has 0 unspecified atom stereocenters. The lowest BCUT2D eigenvalue weighted by Crippen LogP contribution is -2.38. The van der Waals surface area contributed by atoms with Gasteiger partial charge in [-0.05, 0) is 42.9 Å². The van der Waals surface area contributed by atoms with E-state index in [2.05, 4.69) is 17.0 Å². The van der Waals surface area contributed by atoms with Crippen molar-refractivity contribution in [3.8, 4) is 5.75 Å². The quantitative estimate of drug-likeness (QED) is 0.871. The molecule has 1 aliphatic heterocycles. The van der Waals surface area contributed by atoms with Crippen molar-refractivity contribution in [2.24, 2.45) is 0 Å². The van der Waals surface area contributed by atoms with Gasteiger partial charge in [0.25, 0.3) is 0 Å². The van der Waals surface area contributed by atoms with Crippen LogP contribution in [-0.2, 0) is 6.42 Å². The Morgan fingerprint density at radius 3 is 2.47 bits per heavy atom. The van der Waals surface area contributed by atoms with Gasteiger partial charge in [-0.2, -0.15) is 0 Å². The van der Waals surface area contributed by atoms with Crippen LogP contribution in [0, 0.1) is 0 Å². The highest BCUT2D eigenvalue weighted by molar-refractivity contribution is 5.90. The number of aromatic hydroxyl groups is 1. The molecule has 2 nitrogen and oxygen atoms in total. The molecule has 0 amide bonds. The summed E-state index contributed by atoms with van der Waals surface area (Å²) in [5.74, 6) is 0.383. The first-order valence-electron chi connectivity index (χ1n) is 6.26. The Morgan fingerprint density at radius 1 is 1.00 bits per heavy atom. The molecule has 17 heavy (non-hydrogen) atoms. The number of hydrogen-bond donors (Lipinski definition) is 1. The molecular formula is C15H17NO. The fraction of sp³-hybridized carbons (Fsp3) is 0.333. The summed E-state index contributed by atoms with van der Waals surface area (Å²) >= 11 is 0. The minimum atomic E-state index is 0.383. The lowest BCUT2D eigenvalue weighted by molar-refractivity contribution is 0.184. The highest BCUT2D eigenvalue weighted by Crippen LogP contribution is 2.27. The molecule has 1 fully saturated rings. The predicted octanol–water partition coefficient (Wildman–Crippen LogP) is 2.79. The highest BCUT2D eigenvalue weighted by atomic mass is 16.3. The van der Waals surface area contributed by atoms with Crippen molar-refractivity contribution in [3.63, 3.8) is 0 Å². The van der Waals surface area contributed by atoms with Gasteiger partial charge in [-0.15, -0.1) is 0 Å². The molecule has 0 spiro atoms. The third-order valence-electron chi connectivity index (χ3n) is 3.64. The van der Waals surface area contributed by atoms with Gasteiger partial charge in [0.15, 0.2) is 0 Å². The van der Waals surface area contributed by atoms with Crippen LogP contribution in [-0.4, -0.2) is 29.6 Å². The molecule has 1 N–H and O–H groups in total. The van der Waals surface area contributed by atoms with Gasteiger partial charge in [-0.3, -0.25) is 0 Å². The van der Waals surface area contributed by atoms with Gasteiger partial charge in [0, 0.05) is 11.9 Å². The van der Waals surface area contributed by atoms with E-state index in [0.717, 1.165) is 18.4 Å². The molecule has 0 radical (unpaired) electrons. The molecule has 0 aromatic heterocycles. The van der Waals surface area contributed by atoms with Crippen molar-refractivity contribution < 1.29 is 5.11 Å². The lowest BCUT2D eigenvalue weighted by Gasteiger charge is -2.30. The van der Waals surface area contributed by atoms with Crippen molar-refractivity contribution in [2.75, 3.05) is 19.6 Å². The normalized spacial score (nSPS) is 16.0. The van der Waals surface area contributed by atoms with Gasteiger partial charge >= 0.3 is 0 Å². The van der Waals surface area contributed by atoms with Crippen LogP contribution in [0.2, 0.25) is 0 Å². The van der Waals surface area contributed by atoms with Gasteiger partial charge in [0.1, 0.15) is 5.75 Å². The van der Waals surface area contributed by atoms with E-state index in [1.165, 1.54) is 30.5 Å².